The maximum absolute atomic E-state index is 13.1. The molecule has 1 N–H and O–H groups in total. The van der Waals surface area contributed by atoms with Gasteiger partial charge in [-0.25, -0.2) is 9.18 Å². The van der Waals surface area contributed by atoms with Crippen LogP contribution < -0.4 is 4.74 Å². The number of rotatable bonds is 6. The number of ether oxygens (including phenoxy) is 1. The average molecular weight is 408 g/mol. The Morgan fingerprint density at radius 3 is 2.52 bits per heavy atom. The number of nitrogens with zero attached hydrogens (tertiary/aromatic N) is 1. The SMILES string of the molecule is N#C/C(=C/c1ccc(OCc2cccc(C(=O)O)c2)c(Cl)c1)c1ccc(F)cc1. The first-order chi connectivity index (χ1) is 14.0. The van der Waals surface area contributed by atoms with Gasteiger partial charge in [0, 0.05) is 0 Å². The number of nitriles is 1. The van der Waals surface area contributed by atoms with E-state index in [0.717, 1.165) is 0 Å². The lowest BCUT2D eigenvalue weighted by Gasteiger charge is -2.09. The van der Waals surface area contributed by atoms with Crippen LogP contribution >= 0.6 is 11.6 Å². The molecule has 144 valence electrons. The summed E-state index contributed by atoms with van der Waals surface area (Å²) in [6.07, 6.45) is 1.65. The lowest BCUT2D eigenvalue weighted by Crippen LogP contribution is -2.00. The summed E-state index contributed by atoms with van der Waals surface area (Å²) in [7, 11) is 0. The van der Waals surface area contributed by atoms with Crippen LogP contribution in [-0.2, 0) is 6.61 Å². The predicted octanol–water partition coefficient (Wildman–Crippen LogP) is 5.82. The molecule has 0 aliphatic carbocycles. The molecule has 6 heteroatoms. The van der Waals surface area contributed by atoms with Crippen molar-refractivity contribution in [1.29, 1.82) is 5.26 Å². The van der Waals surface area contributed by atoms with E-state index in [1.54, 1.807) is 36.4 Å². The van der Waals surface area contributed by atoms with E-state index < -0.39 is 5.97 Å². The number of benzene rings is 3. The van der Waals surface area contributed by atoms with Crippen molar-refractivity contribution in [3.8, 4) is 11.8 Å². The summed E-state index contributed by atoms with van der Waals surface area (Å²) in [5.41, 5.74) is 2.55. The molecular formula is C23H15ClFNO3. The summed E-state index contributed by atoms with van der Waals surface area (Å²) in [6, 6.07) is 19.3. The summed E-state index contributed by atoms with van der Waals surface area (Å²) < 4.78 is 18.8. The van der Waals surface area contributed by atoms with Gasteiger partial charge < -0.3 is 9.84 Å². The second-order valence-electron chi connectivity index (χ2n) is 6.16. The summed E-state index contributed by atoms with van der Waals surface area (Å²) in [5.74, 6) is -0.940. The third kappa shape index (κ3) is 5.22. The van der Waals surface area contributed by atoms with Gasteiger partial charge in [-0.15, -0.1) is 0 Å². The molecule has 0 saturated heterocycles. The largest absolute Gasteiger partial charge is 0.487 e. The second kappa shape index (κ2) is 9.05. The van der Waals surface area contributed by atoms with E-state index in [1.807, 2.05) is 0 Å². The van der Waals surface area contributed by atoms with Gasteiger partial charge in [0.15, 0.2) is 0 Å². The first-order valence-electron chi connectivity index (χ1n) is 8.58. The van der Waals surface area contributed by atoms with E-state index in [2.05, 4.69) is 6.07 Å². The molecule has 4 nitrogen and oxygen atoms in total. The number of aromatic carboxylic acids is 1. The minimum Gasteiger partial charge on any atom is -0.487 e. The molecule has 0 spiro atoms. The zero-order chi connectivity index (χ0) is 20.8. The molecule has 0 aliphatic rings. The van der Waals surface area contributed by atoms with Crippen LogP contribution in [0.5, 0.6) is 5.75 Å². The number of halogens is 2. The van der Waals surface area contributed by atoms with Crippen molar-refractivity contribution in [2.75, 3.05) is 0 Å². The Hall–Kier alpha value is -3.62. The van der Waals surface area contributed by atoms with Crippen LogP contribution in [0.25, 0.3) is 11.6 Å². The van der Waals surface area contributed by atoms with Gasteiger partial charge >= 0.3 is 5.97 Å². The maximum atomic E-state index is 13.1. The Morgan fingerprint density at radius 1 is 1.10 bits per heavy atom. The van der Waals surface area contributed by atoms with Crippen molar-refractivity contribution in [3.63, 3.8) is 0 Å². The lowest BCUT2D eigenvalue weighted by molar-refractivity contribution is 0.0696. The van der Waals surface area contributed by atoms with E-state index in [4.69, 9.17) is 21.4 Å². The summed E-state index contributed by atoms with van der Waals surface area (Å²) in [6.45, 7) is 0.162. The number of carboxylic acid groups (broad SMARTS) is 1. The molecule has 0 radical (unpaired) electrons. The molecule has 0 aliphatic heterocycles. The number of carbonyl (C=O) groups is 1. The Balaban J connectivity index is 1.76. The van der Waals surface area contributed by atoms with Crippen molar-refractivity contribution < 1.29 is 19.0 Å². The molecular weight excluding hydrogens is 393 g/mol. The standard InChI is InChI=1S/C23H15ClFNO3/c24-21-12-15(10-19(13-26)17-5-7-20(25)8-6-17)4-9-22(21)29-14-16-2-1-3-18(11-16)23(27)28/h1-12H,14H2,(H,27,28)/b19-10-. The zero-order valence-electron chi connectivity index (χ0n) is 15.1. The fourth-order valence-electron chi connectivity index (χ4n) is 2.66. The fraction of sp³-hybridized carbons (Fsp3) is 0.0435. The highest BCUT2D eigenvalue weighted by Gasteiger charge is 2.07. The van der Waals surface area contributed by atoms with Gasteiger partial charge in [-0.3, -0.25) is 0 Å². The van der Waals surface area contributed by atoms with Gasteiger partial charge in [-0.05, 0) is 59.2 Å². The molecule has 3 rings (SSSR count). The maximum Gasteiger partial charge on any atom is 0.335 e. The molecule has 29 heavy (non-hydrogen) atoms. The summed E-state index contributed by atoms with van der Waals surface area (Å²) >= 11 is 6.29. The van der Waals surface area contributed by atoms with Crippen LogP contribution in [0.1, 0.15) is 27.0 Å². The van der Waals surface area contributed by atoms with E-state index in [-0.39, 0.29) is 18.0 Å². The smallest absolute Gasteiger partial charge is 0.335 e. The lowest BCUT2D eigenvalue weighted by atomic mass is 10.0. The van der Waals surface area contributed by atoms with Crippen LogP contribution in [0, 0.1) is 17.1 Å². The molecule has 0 unspecified atom stereocenters. The van der Waals surface area contributed by atoms with Crippen LogP contribution in [0.3, 0.4) is 0 Å². The van der Waals surface area contributed by atoms with Crippen molar-refractivity contribution in [2.45, 2.75) is 6.61 Å². The minimum absolute atomic E-state index is 0.162. The van der Waals surface area contributed by atoms with Gasteiger partial charge in [-0.2, -0.15) is 5.26 Å². The van der Waals surface area contributed by atoms with Crippen molar-refractivity contribution >= 4 is 29.2 Å². The number of hydrogen-bond acceptors (Lipinski definition) is 3. The van der Waals surface area contributed by atoms with Gasteiger partial charge in [0.2, 0.25) is 0 Å². The molecule has 0 saturated carbocycles. The first-order valence-corrected chi connectivity index (χ1v) is 8.96. The Morgan fingerprint density at radius 2 is 1.86 bits per heavy atom. The van der Waals surface area contributed by atoms with E-state index in [1.165, 1.54) is 36.4 Å². The number of carboxylic acids is 1. The molecule has 0 atom stereocenters. The zero-order valence-corrected chi connectivity index (χ0v) is 15.9. The van der Waals surface area contributed by atoms with Gasteiger partial charge in [-0.1, -0.05) is 41.9 Å². The number of allylic oxidation sites excluding steroid dienone is 1. The summed E-state index contributed by atoms with van der Waals surface area (Å²) in [4.78, 5) is 11.0. The fourth-order valence-corrected chi connectivity index (χ4v) is 2.90. The van der Waals surface area contributed by atoms with Gasteiger partial charge in [0.1, 0.15) is 18.2 Å². The van der Waals surface area contributed by atoms with E-state index >= 15 is 0 Å². The van der Waals surface area contributed by atoms with Gasteiger partial charge in [0.05, 0.1) is 22.2 Å². The monoisotopic (exact) mass is 407 g/mol. The normalized spacial score (nSPS) is 11.0. The highest BCUT2D eigenvalue weighted by atomic mass is 35.5. The third-order valence-electron chi connectivity index (χ3n) is 4.11. The van der Waals surface area contributed by atoms with E-state index in [0.29, 0.717) is 33.0 Å². The minimum atomic E-state index is -1.00. The third-order valence-corrected chi connectivity index (χ3v) is 4.41. The van der Waals surface area contributed by atoms with Crippen molar-refractivity contribution in [1.82, 2.24) is 0 Å². The molecule has 3 aromatic rings. The highest BCUT2D eigenvalue weighted by molar-refractivity contribution is 6.32. The van der Waals surface area contributed by atoms with Crippen molar-refractivity contribution in [3.05, 3.63) is 99.8 Å². The van der Waals surface area contributed by atoms with Crippen LogP contribution in [0.4, 0.5) is 4.39 Å². The Bertz CT molecular complexity index is 1120. The quantitative estimate of drug-likeness (QED) is 0.413. The molecule has 0 fully saturated rings. The second-order valence-corrected chi connectivity index (χ2v) is 6.57. The molecule has 0 bridgehead atoms. The topological polar surface area (TPSA) is 70.3 Å². The highest BCUT2D eigenvalue weighted by Crippen LogP contribution is 2.28. The van der Waals surface area contributed by atoms with Crippen LogP contribution in [0.2, 0.25) is 5.02 Å². The van der Waals surface area contributed by atoms with E-state index in [9.17, 15) is 14.4 Å². The first kappa shape index (κ1) is 20.1. The molecule has 3 aromatic carbocycles. The average Bonchev–Trinajstić information content (AvgIpc) is 2.72. The Kier molecular flexibility index (Phi) is 6.28. The van der Waals surface area contributed by atoms with Crippen LogP contribution in [-0.4, -0.2) is 11.1 Å². The number of hydrogen-bond donors (Lipinski definition) is 1. The summed E-state index contributed by atoms with van der Waals surface area (Å²) in [5, 5.41) is 18.8. The molecule has 0 heterocycles. The molecule has 0 aromatic heterocycles. The van der Waals surface area contributed by atoms with Gasteiger partial charge in [0.25, 0.3) is 0 Å². The van der Waals surface area contributed by atoms with Crippen LogP contribution in [0.15, 0.2) is 66.7 Å². The predicted molar refractivity (Wildman–Crippen MR) is 109 cm³/mol. The molecule has 0 amide bonds. The Labute approximate surface area is 172 Å². The van der Waals surface area contributed by atoms with Crippen molar-refractivity contribution in [2.24, 2.45) is 0 Å².